The number of carbonyl (C=O) groups is 1. The predicted octanol–water partition coefficient (Wildman–Crippen LogP) is 1.44. The van der Waals surface area contributed by atoms with Crippen LogP contribution in [-0.2, 0) is 20.7 Å². The summed E-state index contributed by atoms with van der Waals surface area (Å²) < 4.78 is 10.1. The molecule has 0 unspecified atom stereocenters. The first-order chi connectivity index (χ1) is 8.70. The third kappa shape index (κ3) is 2.90. The van der Waals surface area contributed by atoms with Gasteiger partial charge in [-0.3, -0.25) is 0 Å². The Labute approximate surface area is 106 Å². The number of carbonyl (C=O) groups excluding carboxylic acids is 1. The molecule has 4 nitrogen and oxygen atoms in total. The molecule has 1 N–H and O–H groups in total. The average molecular weight is 248 g/mol. The Morgan fingerprint density at radius 1 is 1.33 bits per heavy atom. The molecule has 1 aliphatic heterocycles. The second-order valence-corrected chi connectivity index (χ2v) is 4.20. The molecule has 4 heteroatoms. The predicted molar refractivity (Wildman–Crippen MR) is 65.7 cm³/mol. The van der Waals surface area contributed by atoms with E-state index in [-0.39, 0.29) is 5.76 Å². The molecule has 96 valence electrons. The second-order valence-electron chi connectivity index (χ2n) is 4.20. The summed E-state index contributed by atoms with van der Waals surface area (Å²) in [6, 6.07) is 9.87. The largest absolute Gasteiger partial charge is 0.498 e. The molecule has 0 aliphatic carbocycles. The fourth-order valence-electron chi connectivity index (χ4n) is 1.98. The fourth-order valence-corrected chi connectivity index (χ4v) is 1.98. The molecule has 1 heterocycles. The highest BCUT2D eigenvalue weighted by atomic mass is 16.6. The maximum Gasteiger partial charge on any atom is 0.334 e. The summed E-state index contributed by atoms with van der Waals surface area (Å²) >= 11 is 0. The number of aliphatic hydroxyl groups is 1. The maximum atomic E-state index is 11.3. The zero-order chi connectivity index (χ0) is 13.0. The molecule has 0 saturated carbocycles. The van der Waals surface area contributed by atoms with Gasteiger partial charge in [0.15, 0.2) is 0 Å². The summed E-state index contributed by atoms with van der Waals surface area (Å²) in [6.07, 6.45) is 1.07. The highest BCUT2D eigenvalue weighted by Gasteiger charge is 2.31. The first-order valence-electron chi connectivity index (χ1n) is 5.89. The van der Waals surface area contributed by atoms with Crippen molar-refractivity contribution in [1.82, 2.24) is 0 Å². The highest BCUT2D eigenvalue weighted by Crippen LogP contribution is 2.21. The number of aryl methyl sites for hydroxylation is 1. The monoisotopic (exact) mass is 248 g/mol. The minimum absolute atomic E-state index is 0.268. The quantitative estimate of drug-likeness (QED) is 0.819. The van der Waals surface area contributed by atoms with Crippen LogP contribution >= 0.6 is 0 Å². The van der Waals surface area contributed by atoms with Gasteiger partial charge in [0, 0.05) is 0 Å². The van der Waals surface area contributed by atoms with Gasteiger partial charge in [-0.2, -0.15) is 0 Å². The van der Waals surface area contributed by atoms with Crippen molar-refractivity contribution in [1.29, 1.82) is 0 Å². The van der Waals surface area contributed by atoms with E-state index in [2.05, 4.69) is 0 Å². The van der Waals surface area contributed by atoms with Crippen LogP contribution in [0.15, 0.2) is 42.2 Å². The third-order valence-electron chi connectivity index (χ3n) is 2.97. The van der Waals surface area contributed by atoms with E-state index in [0.29, 0.717) is 6.42 Å². The van der Waals surface area contributed by atoms with Crippen molar-refractivity contribution in [3.8, 4) is 0 Å². The Balaban J connectivity index is 1.98. The number of methoxy groups -OCH3 is 1. The van der Waals surface area contributed by atoms with Crippen molar-refractivity contribution in [2.75, 3.05) is 7.11 Å². The number of aliphatic hydroxyl groups excluding tert-OH is 1. The van der Waals surface area contributed by atoms with Gasteiger partial charge < -0.3 is 14.6 Å². The van der Waals surface area contributed by atoms with Crippen LogP contribution in [0.4, 0.5) is 0 Å². The standard InChI is InChI=1S/C14H16O4/c1-17-12-9-13(15)18-11(14(12)16)8-7-10-5-3-2-4-6-10/h2-6,9,11,14,16H,7-8H2,1H3/t11-,14+/m0/s1. The van der Waals surface area contributed by atoms with Crippen molar-refractivity contribution < 1.29 is 19.4 Å². The molecule has 0 radical (unpaired) electrons. The van der Waals surface area contributed by atoms with E-state index in [1.54, 1.807) is 0 Å². The van der Waals surface area contributed by atoms with E-state index in [1.807, 2.05) is 30.3 Å². The van der Waals surface area contributed by atoms with Gasteiger partial charge in [-0.25, -0.2) is 4.79 Å². The molecule has 1 aromatic rings. The molecule has 2 atom stereocenters. The lowest BCUT2D eigenvalue weighted by atomic mass is 10.0. The molecular weight excluding hydrogens is 232 g/mol. The number of hydrogen-bond acceptors (Lipinski definition) is 4. The smallest absolute Gasteiger partial charge is 0.334 e. The van der Waals surface area contributed by atoms with Crippen LogP contribution in [0.2, 0.25) is 0 Å². The van der Waals surface area contributed by atoms with Crippen LogP contribution in [0, 0.1) is 0 Å². The lowest BCUT2D eigenvalue weighted by molar-refractivity contribution is -0.153. The SMILES string of the molecule is COC1=CC(=O)O[C@@H](CCc2ccccc2)[C@H]1O. The first kappa shape index (κ1) is 12.6. The zero-order valence-corrected chi connectivity index (χ0v) is 10.2. The Bertz CT molecular complexity index is 438. The maximum absolute atomic E-state index is 11.3. The lowest BCUT2D eigenvalue weighted by Crippen LogP contribution is -2.37. The van der Waals surface area contributed by atoms with Crippen LogP contribution in [0.25, 0.3) is 0 Å². The molecule has 0 amide bonds. The highest BCUT2D eigenvalue weighted by molar-refractivity contribution is 5.83. The summed E-state index contributed by atoms with van der Waals surface area (Å²) in [5.74, 6) is -0.195. The number of hydrogen-bond donors (Lipinski definition) is 1. The Morgan fingerprint density at radius 3 is 2.72 bits per heavy atom. The minimum Gasteiger partial charge on any atom is -0.498 e. The van der Waals surface area contributed by atoms with Crippen molar-refractivity contribution in [2.45, 2.75) is 25.0 Å². The van der Waals surface area contributed by atoms with E-state index in [1.165, 1.54) is 13.2 Å². The average Bonchev–Trinajstić information content (AvgIpc) is 2.40. The Morgan fingerprint density at radius 2 is 2.06 bits per heavy atom. The number of cyclic esters (lactones) is 1. The number of benzene rings is 1. The molecule has 0 spiro atoms. The van der Waals surface area contributed by atoms with E-state index in [9.17, 15) is 9.90 Å². The van der Waals surface area contributed by atoms with Crippen LogP contribution in [0.5, 0.6) is 0 Å². The number of ether oxygens (including phenoxy) is 2. The summed E-state index contributed by atoms with van der Waals surface area (Å²) in [6.45, 7) is 0. The van der Waals surface area contributed by atoms with E-state index >= 15 is 0 Å². The van der Waals surface area contributed by atoms with Crippen molar-refractivity contribution >= 4 is 5.97 Å². The van der Waals surface area contributed by atoms with Crippen molar-refractivity contribution in [3.05, 3.63) is 47.7 Å². The molecule has 1 aliphatic rings. The van der Waals surface area contributed by atoms with Gasteiger partial charge in [0.1, 0.15) is 18.0 Å². The molecule has 2 rings (SSSR count). The van der Waals surface area contributed by atoms with E-state index < -0.39 is 18.2 Å². The molecule has 18 heavy (non-hydrogen) atoms. The van der Waals surface area contributed by atoms with Gasteiger partial charge in [-0.15, -0.1) is 0 Å². The summed E-state index contributed by atoms with van der Waals surface area (Å²) in [4.78, 5) is 11.3. The molecule has 0 aromatic heterocycles. The Kier molecular flexibility index (Phi) is 3.99. The van der Waals surface area contributed by atoms with Crippen LogP contribution in [0.3, 0.4) is 0 Å². The molecule has 0 bridgehead atoms. The number of esters is 1. The van der Waals surface area contributed by atoms with Gasteiger partial charge >= 0.3 is 5.97 Å². The minimum atomic E-state index is -0.878. The number of rotatable bonds is 4. The van der Waals surface area contributed by atoms with Crippen molar-refractivity contribution in [3.63, 3.8) is 0 Å². The summed E-state index contributed by atoms with van der Waals surface area (Å²) in [5.41, 5.74) is 1.15. The van der Waals surface area contributed by atoms with Gasteiger partial charge in [-0.05, 0) is 18.4 Å². The summed E-state index contributed by atoms with van der Waals surface area (Å²) in [5, 5.41) is 9.95. The lowest BCUT2D eigenvalue weighted by Gasteiger charge is -2.27. The molecule has 0 saturated heterocycles. The van der Waals surface area contributed by atoms with Crippen LogP contribution in [-0.4, -0.2) is 30.4 Å². The third-order valence-corrected chi connectivity index (χ3v) is 2.97. The normalized spacial score (nSPS) is 23.2. The first-order valence-corrected chi connectivity index (χ1v) is 5.89. The molecular formula is C14H16O4. The van der Waals surface area contributed by atoms with Gasteiger partial charge in [0.2, 0.25) is 0 Å². The second kappa shape index (κ2) is 5.69. The zero-order valence-electron chi connectivity index (χ0n) is 10.2. The van der Waals surface area contributed by atoms with E-state index in [4.69, 9.17) is 9.47 Å². The van der Waals surface area contributed by atoms with Crippen LogP contribution < -0.4 is 0 Å². The molecule has 1 aromatic carbocycles. The Hall–Kier alpha value is -1.81. The van der Waals surface area contributed by atoms with Gasteiger partial charge in [0.25, 0.3) is 0 Å². The van der Waals surface area contributed by atoms with Crippen molar-refractivity contribution in [2.24, 2.45) is 0 Å². The fraction of sp³-hybridized carbons (Fsp3) is 0.357. The van der Waals surface area contributed by atoms with Gasteiger partial charge in [0.05, 0.1) is 13.2 Å². The van der Waals surface area contributed by atoms with Crippen LogP contribution in [0.1, 0.15) is 12.0 Å². The van der Waals surface area contributed by atoms with E-state index in [0.717, 1.165) is 12.0 Å². The molecule has 0 fully saturated rings. The topological polar surface area (TPSA) is 55.8 Å². The summed E-state index contributed by atoms with van der Waals surface area (Å²) in [7, 11) is 1.43. The van der Waals surface area contributed by atoms with Gasteiger partial charge in [-0.1, -0.05) is 30.3 Å².